The average Bonchev–Trinajstić information content (AvgIpc) is 3.24. The van der Waals surface area contributed by atoms with Gasteiger partial charge < -0.3 is 9.64 Å². The highest BCUT2D eigenvalue weighted by molar-refractivity contribution is 9.11. The van der Waals surface area contributed by atoms with E-state index in [1.54, 1.807) is 0 Å². The fraction of sp³-hybridized carbons (Fsp3) is 0.464. The highest BCUT2D eigenvalue weighted by atomic mass is 79.9. The molecule has 1 aliphatic carbocycles. The minimum atomic E-state index is -0.292. The number of nitrogens with zero attached hydrogens (tertiary/aromatic N) is 1. The van der Waals surface area contributed by atoms with Crippen LogP contribution in [0, 0.1) is 11.8 Å². The molecule has 1 saturated heterocycles. The van der Waals surface area contributed by atoms with Crippen LogP contribution in [0.25, 0.3) is 5.57 Å². The fourth-order valence-corrected chi connectivity index (χ4v) is 5.83. The van der Waals surface area contributed by atoms with Crippen LogP contribution in [0.4, 0.5) is 4.39 Å². The Balaban J connectivity index is 1.55. The summed E-state index contributed by atoms with van der Waals surface area (Å²) in [4.78, 5) is 14.4. The second-order valence-corrected chi connectivity index (χ2v) is 10.3. The van der Waals surface area contributed by atoms with Crippen molar-refractivity contribution in [1.29, 1.82) is 0 Å². The Bertz CT molecular complexity index is 1020. The second kappa shape index (κ2) is 11.0. The Morgan fingerprint density at radius 2 is 1.97 bits per heavy atom. The number of ether oxygens (including phenoxy) is 1. The van der Waals surface area contributed by atoms with Crippen molar-refractivity contribution in [2.75, 3.05) is 33.4 Å². The molecule has 5 heteroatoms. The van der Waals surface area contributed by atoms with Crippen LogP contribution in [-0.4, -0.2) is 44.3 Å². The van der Waals surface area contributed by atoms with Crippen LogP contribution in [0.5, 0.6) is 0 Å². The Morgan fingerprint density at radius 3 is 2.70 bits per heavy atom. The monoisotopic (exact) mass is 513 g/mol. The van der Waals surface area contributed by atoms with Gasteiger partial charge in [0.15, 0.2) is 0 Å². The number of hydrogen-bond donors (Lipinski definition) is 0. The lowest BCUT2D eigenvalue weighted by Crippen LogP contribution is -2.22. The smallest absolute Gasteiger partial charge is 0.337 e. The van der Waals surface area contributed by atoms with Gasteiger partial charge in [-0.15, -0.1) is 0 Å². The first-order valence-electron chi connectivity index (χ1n) is 12.0. The number of benzene rings is 2. The van der Waals surface area contributed by atoms with Crippen LogP contribution in [0.1, 0.15) is 58.8 Å². The van der Waals surface area contributed by atoms with Crippen molar-refractivity contribution < 1.29 is 13.9 Å². The summed E-state index contributed by atoms with van der Waals surface area (Å²) < 4.78 is 18.6. The number of carbonyl (C=O) groups excluding carboxylic acids is 1. The molecule has 2 aromatic rings. The number of carbonyl (C=O) groups is 1. The van der Waals surface area contributed by atoms with Crippen LogP contribution in [0.3, 0.4) is 0 Å². The third-order valence-electron chi connectivity index (χ3n) is 7.06. The van der Waals surface area contributed by atoms with Crippen molar-refractivity contribution in [3.05, 3.63) is 74.8 Å². The molecule has 0 aromatic heterocycles. The lowest BCUT2D eigenvalue weighted by Gasteiger charge is -2.17. The molecule has 0 amide bonds. The largest absolute Gasteiger partial charge is 0.465 e. The fourth-order valence-electron chi connectivity index (χ4n) is 5.16. The minimum absolute atomic E-state index is 0.222. The number of alkyl halides is 1. The molecule has 3 nitrogen and oxygen atoms in total. The first-order valence-corrected chi connectivity index (χ1v) is 12.8. The van der Waals surface area contributed by atoms with Crippen molar-refractivity contribution in [2.24, 2.45) is 11.8 Å². The number of esters is 1. The van der Waals surface area contributed by atoms with Gasteiger partial charge in [-0.1, -0.05) is 53.2 Å². The van der Waals surface area contributed by atoms with E-state index in [4.69, 9.17) is 4.74 Å². The summed E-state index contributed by atoms with van der Waals surface area (Å²) in [6.07, 6.45) is 4.87. The Morgan fingerprint density at radius 1 is 1.18 bits per heavy atom. The van der Waals surface area contributed by atoms with E-state index in [1.807, 2.05) is 12.1 Å². The molecule has 2 unspecified atom stereocenters. The lowest BCUT2D eigenvalue weighted by atomic mass is 9.91. The van der Waals surface area contributed by atoms with E-state index in [1.165, 1.54) is 45.8 Å². The number of halogens is 2. The van der Waals surface area contributed by atoms with Gasteiger partial charge >= 0.3 is 5.97 Å². The third kappa shape index (κ3) is 5.58. The van der Waals surface area contributed by atoms with Gasteiger partial charge in [0.25, 0.3) is 0 Å². The highest BCUT2D eigenvalue weighted by Crippen LogP contribution is 2.40. The summed E-state index contributed by atoms with van der Waals surface area (Å²) >= 11 is 3.91. The zero-order valence-corrected chi connectivity index (χ0v) is 21.2. The Kier molecular flexibility index (Phi) is 8.02. The maximum atomic E-state index is 12.5. The normalized spacial score (nSPS) is 21.1. The van der Waals surface area contributed by atoms with Gasteiger partial charge in [-0.05, 0) is 90.4 Å². The van der Waals surface area contributed by atoms with Crippen molar-refractivity contribution in [2.45, 2.75) is 39.0 Å². The maximum absolute atomic E-state index is 12.5. The number of fused-ring (bicyclic) bond motifs is 1. The van der Waals surface area contributed by atoms with Crippen LogP contribution >= 0.6 is 15.9 Å². The summed E-state index contributed by atoms with van der Waals surface area (Å²) in [5.74, 6) is 0.762. The molecular weight excluding hydrogens is 481 g/mol. The van der Waals surface area contributed by atoms with Crippen LogP contribution in [0.2, 0.25) is 0 Å². The summed E-state index contributed by atoms with van der Waals surface area (Å²) in [6.45, 7) is 5.07. The van der Waals surface area contributed by atoms with E-state index in [9.17, 15) is 9.18 Å². The summed E-state index contributed by atoms with van der Waals surface area (Å²) in [6, 6.07) is 14.9. The molecule has 2 aromatic carbocycles. The van der Waals surface area contributed by atoms with Gasteiger partial charge in [-0.2, -0.15) is 0 Å². The average molecular weight is 514 g/mol. The molecule has 0 radical (unpaired) electrons. The number of likely N-dealkylation sites (tertiary alicyclic amines) is 1. The standard InChI is InChI=1S/C28H33BrFNO2/c1-19-4-7-23-17-24(28(32)33-2)10-11-25(23)26(27(19)29)22-8-5-20(6-9-22)16-21-12-15-31(18-21)14-3-13-30/h5-6,8-11,17,19,21H,3-4,7,12-16,18H2,1-2H3. The van der Waals surface area contributed by atoms with Crippen LogP contribution in [-0.2, 0) is 17.6 Å². The number of rotatable bonds is 7. The van der Waals surface area contributed by atoms with Crippen LogP contribution < -0.4 is 0 Å². The molecular formula is C28H33BrFNO2. The molecule has 0 saturated carbocycles. The summed E-state index contributed by atoms with van der Waals surface area (Å²) in [7, 11) is 1.42. The summed E-state index contributed by atoms with van der Waals surface area (Å²) in [5.41, 5.74) is 6.76. The van der Waals surface area contributed by atoms with Gasteiger partial charge in [0.1, 0.15) is 0 Å². The van der Waals surface area contributed by atoms with Crippen molar-refractivity contribution >= 4 is 27.5 Å². The quantitative estimate of drug-likeness (QED) is 0.399. The van der Waals surface area contributed by atoms with Gasteiger partial charge in [-0.3, -0.25) is 4.39 Å². The number of aryl methyl sites for hydroxylation is 1. The molecule has 176 valence electrons. The molecule has 1 heterocycles. The molecule has 1 fully saturated rings. The molecule has 0 bridgehead atoms. The zero-order chi connectivity index (χ0) is 23.4. The first-order chi connectivity index (χ1) is 16.0. The highest BCUT2D eigenvalue weighted by Gasteiger charge is 2.24. The van der Waals surface area contributed by atoms with Gasteiger partial charge in [0.2, 0.25) is 0 Å². The summed E-state index contributed by atoms with van der Waals surface area (Å²) in [5, 5.41) is 0. The minimum Gasteiger partial charge on any atom is -0.465 e. The third-order valence-corrected chi connectivity index (χ3v) is 8.24. The predicted molar refractivity (Wildman–Crippen MR) is 136 cm³/mol. The van der Waals surface area contributed by atoms with E-state index in [0.29, 0.717) is 23.8 Å². The maximum Gasteiger partial charge on any atom is 0.337 e. The number of hydrogen-bond acceptors (Lipinski definition) is 3. The van der Waals surface area contributed by atoms with Gasteiger partial charge in [-0.25, -0.2) is 4.79 Å². The molecule has 0 spiro atoms. The van der Waals surface area contributed by atoms with E-state index in [0.717, 1.165) is 38.9 Å². The van der Waals surface area contributed by atoms with Crippen molar-refractivity contribution in [3.63, 3.8) is 0 Å². The van der Waals surface area contributed by atoms with E-state index in [-0.39, 0.29) is 12.6 Å². The zero-order valence-electron chi connectivity index (χ0n) is 19.6. The van der Waals surface area contributed by atoms with Crippen LogP contribution in [0.15, 0.2) is 46.9 Å². The molecule has 4 rings (SSSR count). The van der Waals surface area contributed by atoms with Crippen molar-refractivity contribution in [1.82, 2.24) is 4.90 Å². The molecule has 2 atom stereocenters. The topological polar surface area (TPSA) is 29.5 Å². The van der Waals surface area contributed by atoms with E-state index >= 15 is 0 Å². The molecule has 0 N–H and O–H groups in total. The van der Waals surface area contributed by atoms with Gasteiger partial charge in [0.05, 0.1) is 19.3 Å². The Labute approximate surface area is 205 Å². The molecule has 2 aliphatic rings. The van der Waals surface area contributed by atoms with Gasteiger partial charge in [0, 0.05) is 17.6 Å². The van der Waals surface area contributed by atoms with Crippen molar-refractivity contribution in [3.8, 4) is 0 Å². The molecule has 33 heavy (non-hydrogen) atoms. The Hall–Kier alpha value is -1.98. The number of methoxy groups -OCH3 is 1. The lowest BCUT2D eigenvalue weighted by molar-refractivity contribution is 0.0600. The van der Waals surface area contributed by atoms with E-state index in [2.05, 4.69) is 58.1 Å². The number of allylic oxidation sites excluding steroid dienone is 1. The first kappa shape index (κ1) is 24.2. The SMILES string of the molecule is COC(=O)c1ccc2c(c1)CCC(C)C(Br)=C2c1ccc(CC2CCN(CCCF)C2)cc1. The molecule has 1 aliphatic heterocycles. The van der Waals surface area contributed by atoms with E-state index < -0.39 is 0 Å². The predicted octanol–water partition coefficient (Wildman–Crippen LogP) is 6.43. The second-order valence-electron chi connectivity index (χ2n) is 9.43.